The van der Waals surface area contributed by atoms with E-state index in [-0.39, 0.29) is 0 Å². The number of hydrogen-bond donors (Lipinski definition) is 0. The van der Waals surface area contributed by atoms with Crippen molar-refractivity contribution in [3.05, 3.63) is 138 Å². The molecule has 0 aliphatic heterocycles. The lowest BCUT2D eigenvalue weighted by molar-refractivity contribution is 1.26. The molecule has 0 atom stereocenters. The van der Waals surface area contributed by atoms with Crippen molar-refractivity contribution in [2.45, 2.75) is 20.8 Å². The van der Waals surface area contributed by atoms with E-state index in [4.69, 9.17) is 0 Å². The number of hydrogen-bond acceptors (Lipinski definition) is 1. The number of aromatic nitrogens is 1. The summed E-state index contributed by atoms with van der Waals surface area (Å²) in [4.78, 5) is 4.38. The Kier molecular flexibility index (Phi) is 7.12. The topological polar surface area (TPSA) is 12.9 Å². The van der Waals surface area contributed by atoms with Gasteiger partial charge in [0.15, 0.2) is 0 Å². The van der Waals surface area contributed by atoms with Crippen molar-refractivity contribution in [1.82, 2.24) is 4.98 Å². The Labute approximate surface area is 196 Å². The molecule has 0 amide bonds. The van der Waals surface area contributed by atoms with Gasteiger partial charge < -0.3 is 0 Å². The summed E-state index contributed by atoms with van der Waals surface area (Å²) in [6.07, 6.45) is 0. The Morgan fingerprint density at radius 3 is 1.85 bits per heavy atom. The third-order valence-electron chi connectivity index (χ3n) is 5.65. The Balaban J connectivity index is 0.000000118. The van der Waals surface area contributed by atoms with Crippen molar-refractivity contribution >= 4 is 32.4 Å². The predicted molar refractivity (Wildman–Crippen MR) is 144 cm³/mol. The van der Waals surface area contributed by atoms with Gasteiger partial charge in [0.05, 0.1) is 5.52 Å². The first-order valence-corrected chi connectivity index (χ1v) is 11.3. The molecule has 6 aromatic rings. The van der Waals surface area contributed by atoms with Crippen molar-refractivity contribution in [1.29, 1.82) is 0 Å². The normalized spacial score (nSPS) is 10.3. The van der Waals surface area contributed by atoms with E-state index in [2.05, 4.69) is 116 Å². The van der Waals surface area contributed by atoms with Gasteiger partial charge in [0.1, 0.15) is 0 Å². The summed E-state index contributed by atoms with van der Waals surface area (Å²) in [6, 6.07) is 42.0. The van der Waals surface area contributed by atoms with Crippen molar-refractivity contribution in [2.75, 3.05) is 0 Å². The molecule has 0 saturated carbocycles. The average molecular weight is 428 g/mol. The molecule has 0 radical (unpaired) electrons. The van der Waals surface area contributed by atoms with E-state index in [1.54, 1.807) is 0 Å². The first-order chi connectivity index (χ1) is 16.1. The predicted octanol–water partition coefficient (Wildman–Crippen LogP) is 8.84. The number of fused-ring (bicyclic) bond motifs is 3. The molecular weight excluding hydrogens is 398 g/mol. The van der Waals surface area contributed by atoms with Crippen molar-refractivity contribution in [2.24, 2.45) is 0 Å². The van der Waals surface area contributed by atoms with Crippen LogP contribution < -0.4 is 0 Å². The molecule has 0 aliphatic carbocycles. The van der Waals surface area contributed by atoms with Crippen LogP contribution in [0.4, 0.5) is 0 Å². The Morgan fingerprint density at radius 2 is 1.06 bits per heavy atom. The van der Waals surface area contributed by atoms with E-state index in [0.717, 1.165) is 11.2 Å². The summed E-state index contributed by atoms with van der Waals surface area (Å²) >= 11 is 0. The highest BCUT2D eigenvalue weighted by Gasteiger charge is 1.93. The van der Waals surface area contributed by atoms with Gasteiger partial charge in [-0.3, -0.25) is 4.98 Å². The molecule has 1 nitrogen and oxygen atoms in total. The third-order valence-corrected chi connectivity index (χ3v) is 5.65. The van der Waals surface area contributed by atoms with E-state index in [9.17, 15) is 0 Å². The van der Waals surface area contributed by atoms with E-state index >= 15 is 0 Å². The van der Waals surface area contributed by atoms with Gasteiger partial charge in [0.2, 0.25) is 0 Å². The van der Waals surface area contributed by atoms with Gasteiger partial charge in [0.25, 0.3) is 0 Å². The molecule has 0 unspecified atom stereocenters. The Hall–Kier alpha value is -3.97. The average Bonchev–Trinajstić information content (AvgIpc) is 2.85. The lowest BCUT2D eigenvalue weighted by atomic mass is 10.1. The number of nitrogens with zero attached hydrogens (tertiary/aromatic N) is 1. The standard InChI is InChI=1S/2C11H10.C10H9N/c1-9-5-4-7-10-6-2-3-8-11(9)10;1-9-6-7-10-4-2-3-5-11(10)8-9;1-8-6-7-9-4-2-3-5-10(9)11-8/h2*2-8H,1H3;2-7H,1H3. The minimum Gasteiger partial charge on any atom is -0.253 e. The zero-order chi connectivity index (χ0) is 23.0. The molecule has 1 aromatic heterocycles. The van der Waals surface area contributed by atoms with Crippen LogP contribution in [0.25, 0.3) is 32.4 Å². The highest BCUT2D eigenvalue weighted by Crippen LogP contribution is 2.17. The molecule has 1 heteroatoms. The lowest BCUT2D eigenvalue weighted by Gasteiger charge is -1.98. The molecule has 5 aromatic carbocycles. The maximum absolute atomic E-state index is 4.38. The second kappa shape index (κ2) is 10.6. The quantitative estimate of drug-likeness (QED) is 0.236. The van der Waals surface area contributed by atoms with Crippen LogP contribution in [-0.4, -0.2) is 4.98 Å². The van der Waals surface area contributed by atoms with E-state index in [1.165, 1.54) is 38.1 Å². The number of pyridine rings is 1. The number of aryl methyl sites for hydroxylation is 3. The minimum atomic E-state index is 1.07. The summed E-state index contributed by atoms with van der Waals surface area (Å²) < 4.78 is 0. The second-order valence-electron chi connectivity index (χ2n) is 8.29. The maximum atomic E-state index is 4.38. The fourth-order valence-corrected chi connectivity index (χ4v) is 3.86. The van der Waals surface area contributed by atoms with Crippen LogP contribution in [0.1, 0.15) is 16.8 Å². The first kappa shape index (κ1) is 22.2. The number of para-hydroxylation sites is 1. The van der Waals surface area contributed by atoms with Crippen LogP contribution >= 0.6 is 0 Å². The van der Waals surface area contributed by atoms with Gasteiger partial charge in [-0.1, -0.05) is 115 Å². The van der Waals surface area contributed by atoms with Gasteiger partial charge in [0, 0.05) is 11.1 Å². The van der Waals surface area contributed by atoms with Crippen LogP contribution in [-0.2, 0) is 0 Å². The SMILES string of the molecule is Cc1ccc2ccccc2c1.Cc1ccc2ccccc2n1.Cc1cccc2ccccc12. The van der Waals surface area contributed by atoms with Gasteiger partial charge in [-0.05, 0) is 60.0 Å². The zero-order valence-electron chi connectivity index (χ0n) is 19.5. The molecule has 1 heterocycles. The molecule has 0 bridgehead atoms. The van der Waals surface area contributed by atoms with Gasteiger partial charge >= 0.3 is 0 Å². The largest absolute Gasteiger partial charge is 0.253 e. The van der Waals surface area contributed by atoms with Crippen LogP contribution in [0.3, 0.4) is 0 Å². The zero-order valence-corrected chi connectivity index (χ0v) is 19.5. The van der Waals surface area contributed by atoms with Crippen LogP contribution in [0, 0.1) is 20.8 Å². The van der Waals surface area contributed by atoms with Gasteiger partial charge in [-0.15, -0.1) is 0 Å². The maximum Gasteiger partial charge on any atom is 0.0705 e. The summed E-state index contributed by atoms with van der Waals surface area (Å²) in [5, 5.41) is 6.53. The second-order valence-corrected chi connectivity index (χ2v) is 8.29. The fraction of sp³-hybridized carbons (Fsp3) is 0.0938. The smallest absolute Gasteiger partial charge is 0.0705 e. The minimum absolute atomic E-state index is 1.07. The number of rotatable bonds is 0. The van der Waals surface area contributed by atoms with Crippen LogP contribution in [0.5, 0.6) is 0 Å². The third kappa shape index (κ3) is 5.84. The Morgan fingerprint density at radius 1 is 0.455 bits per heavy atom. The fourth-order valence-electron chi connectivity index (χ4n) is 3.86. The molecule has 33 heavy (non-hydrogen) atoms. The van der Waals surface area contributed by atoms with Crippen molar-refractivity contribution < 1.29 is 0 Å². The van der Waals surface area contributed by atoms with E-state index < -0.39 is 0 Å². The van der Waals surface area contributed by atoms with Gasteiger partial charge in [-0.25, -0.2) is 0 Å². The molecule has 0 saturated heterocycles. The molecular formula is C32H29N. The van der Waals surface area contributed by atoms with E-state index in [1.807, 2.05) is 31.2 Å². The van der Waals surface area contributed by atoms with Crippen molar-refractivity contribution in [3.8, 4) is 0 Å². The van der Waals surface area contributed by atoms with Gasteiger partial charge in [-0.2, -0.15) is 0 Å². The number of benzene rings is 5. The molecule has 0 N–H and O–H groups in total. The molecule has 0 aliphatic rings. The van der Waals surface area contributed by atoms with Crippen molar-refractivity contribution in [3.63, 3.8) is 0 Å². The monoisotopic (exact) mass is 427 g/mol. The first-order valence-electron chi connectivity index (χ1n) is 11.3. The van der Waals surface area contributed by atoms with Crippen LogP contribution in [0.15, 0.2) is 121 Å². The summed E-state index contributed by atoms with van der Waals surface area (Å²) in [5.41, 5.74) is 4.82. The van der Waals surface area contributed by atoms with Crippen LogP contribution in [0.2, 0.25) is 0 Å². The highest BCUT2D eigenvalue weighted by atomic mass is 14.7. The molecule has 0 fully saturated rings. The summed E-state index contributed by atoms with van der Waals surface area (Å²) in [7, 11) is 0. The van der Waals surface area contributed by atoms with E-state index in [0.29, 0.717) is 0 Å². The lowest BCUT2D eigenvalue weighted by Crippen LogP contribution is -1.80. The molecule has 6 rings (SSSR count). The molecule has 0 spiro atoms. The Bertz CT molecular complexity index is 1410. The summed E-state index contributed by atoms with van der Waals surface area (Å²) in [5.74, 6) is 0. The summed E-state index contributed by atoms with van der Waals surface area (Å²) in [6.45, 7) is 6.27. The highest BCUT2D eigenvalue weighted by molar-refractivity contribution is 5.85. The molecule has 162 valence electrons.